The molecule has 26 heavy (non-hydrogen) atoms. The summed E-state index contributed by atoms with van der Waals surface area (Å²) in [6, 6.07) is 23.6. The molecule has 0 N–H and O–H groups in total. The van der Waals surface area contributed by atoms with Crippen molar-refractivity contribution in [3.63, 3.8) is 0 Å². The fourth-order valence-corrected chi connectivity index (χ4v) is 3.97. The van der Waals surface area contributed by atoms with Crippen LogP contribution in [0.25, 0.3) is 43.8 Å². The third-order valence-corrected chi connectivity index (χ3v) is 5.14. The van der Waals surface area contributed by atoms with Gasteiger partial charge in [0.15, 0.2) is 6.29 Å². The average Bonchev–Trinajstić information content (AvgIpc) is 3.07. The van der Waals surface area contributed by atoms with Gasteiger partial charge in [-0.1, -0.05) is 72.3 Å². The highest BCUT2D eigenvalue weighted by atomic mass is 35.5. The minimum Gasteiger partial charge on any atom is -0.455 e. The predicted molar refractivity (Wildman–Crippen MR) is 107 cm³/mol. The summed E-state index contributed by atoms with van der Waals surface area (Å²) in [4.78, 5) is 11.8. The largest absolute Gasteiger partial charge is 0.455 e. The van der Waals surface area contributed by atoms with Crippen LogP contribution in [0.15, 0.2) is 77.2 Å². The SMILES string of the molecule is O=Cc1cc(Cl)c2ccccc2c1-c1cccc2c1oc1ccccc12. The fourth-order valence-electron chi connectivity index (χ4n) is 3.69. The summed E-state index contributed by atoms with van der Waals surface area (Å²) in [5.74, 6) is 0. The van der Waals surface area contributed by atoms with Crippen LogP contribution in [0.5, 0.6) is 0 Å². The van der Waals surface area contributed by atoms with E-state index in [1.54, 1.807) is 6.07 Å². The molecule has 124 valence electrons. The van der Waals surface area contributed by atoms with Crippen LogP contribution >= 0.6 is 11.6 Å². The van der Waals surface area contributed by atoms with E-state index >= 15 is 0 Å². The van der Waals surface area contributed by atoms with E-state index in [9.17, 15) is 4.79 Å². The Hall–Kier alpha value is -3.10. The summed E-state index contributed by atoms with van der Waals surface area (Å²) in [6.45, 7) is 0. The molecule has 0 bridgehead atoms. The number of carbonyl (C=O) groups is 1. The number of hydrogen-bond acceptors (Lipinski definition) is 2. The van der Waals surface area contributed by atoms with Crippen LogP contribution in [-0.2, 0) is 0 Å². The number of halogens is 1. The number of aldehydes is 1. The number of furan rings is 1. The van der Waals surface area contributed by atoms with Gasteiger partial charge < -0.3 is 4.42 Å². The van der Waals surface area contributed by atoms with Gasteiger partial charge in [-0.3, -0.25) is 4.79 Å². The third kappa shape index (κ3) is 2.09. The van der Waals surface area contributed by atoms with E-state index in [1.165, 1.54) is 0 Å². The lowest BCUT2D eigenvalue weighted by molar-refractivity contribution is 0.112. The molecule has 5 rings (SSSR count). The highest BCUT2D eigenvalue weighted by molar-refractivity contribution is 6.37. The highest BCUT2D eigenvalue weighted by Crippen LogP contribution is 2.41. The highest BCUT2D eigenvalue weighted by Gasteiger charge is 2.18. The lowest BCUT2D eigenvalue weighted by atomic mass is 9.92. The maximum absolute atomic E-state index is 11.8. The van der Waals surface area contributed by atoms with Crippen LogP contribution in [0.4, 0.5) is 0 Å². The van der Waals surface area contributed by atoms with Gasteiger partial charge >= 0.3 is 0 Å². The average molecular weight is 357 g/mol. The molecule has 0 aliphatic heterocycles. The molecule has 1 aromatic heterocycles. The molecule has 0 radical (unpaired) electrons. The first-order valence-electron chi connectivity index (χ1n) is 8.35. The number of hydrogen-bond donors (Lipinski definition) is 0. The second-order valence-electron chi connectivity index (χ2n) is 6.27. The summed E-state index contributed by atoms with van der Waals surface area (Å²) in [5, 5.41) is 4.53. The van der Waals surface area contributed by atoms with E-state index in [0.29, 0.717) is 10.6 Å². The minimum absolute atomic E-state index is 0.557. The molecule has 0 spiro atoms. The minimum atomic E-state index is 0.557. The second kappa shape index (κ2) is 5.72. The first-order chi connectivity index (χ1) is 12.8. The lowest BCUT2D eigenvalue weighted by Crippen LogP contribution is -1.91. The molecule has 4 aromatic carbocycles. The van der Waals surface area contributed by atoms with Crippen LogP contribution in [0.2, 0.25) is 5.02 Å². The normalized spacial score (nSPS) is 11.4. The Labute approximate surface area is 154 Å². The zero-order valence-corrected chi connectivity index (χ0v) is 14.5. The Morgan fingerprint density at radius 1 is 0.769 bits per heavy atom. The Morgan fingerprint density at radius 3 is 2.27 bits per heavy atom. The number of rotatable bonds is 2. The van der Waals surface area contributed by atoms with Gasteiger partial charge in [-0.05, 0) is 17.5 Å². The van der Waals surface area contributed by atoms with Gasteiger partial charge in [-0.2, -0.15) is 0 Å². The molecule has 0 saturated carbocycles. The first-order valence-corrected chi connectivity index (χ1v) is 8.73. The van der Waals surface area contributed by atoms with Crippen LogP contribution < -0.4 is 0 Å². The molecular formula is C23H13ClO2. The van der Waals surface area contributed by atoms with Gasteiger partial charge in [0, 0.05) is 37.9 Å². The Kier molecular flexibility index (Phi) is 3.34. The first kappa shape index (κ1) is 15.2. The van der Waals surface area contributed by atoms with Crippen molar-refractivity contribution in [1.29, 1.82) is 0 Å². The van der Waals surface area contributed by atoms with Crippen molar-refractivity contribution >= 4 is 50.6 Å². The van der Waals surface area contributed by atoms with Crippen molar-refractivity contribution in [2.24, 2.45) is 0 Å². The van der Waals surface area contributed by atoms with Crippen molar-refractivity contribution in [2.45, 2.75) is 0 Å². The number of carbonyl (C=O) groups excluding carboxylic acids is 1. The summed E-state index contributed by atoms with van der Waals surface area (Å²) >= 11 is 6.40. The summed E-state index contributed by atoms with van der Waals surface area (Å²) < 4.78 is 6.17. The number of fused-ring (bicyclic) bond motifs is 4. The van der Waals surface area contributed by atoms with Crippen LogP contribution in [0, 0.1) is 0 Å². The fraction of sp³-hybridized carbons (Fsp3) is 0. The topological polar surface area (TPSA) is 30.2 Å². The van der Waals surface area contributed by atoms with Crippen molar-refractivity contribution in [1.82, 2.24) is 0 Å². The number of para-hydroxylation sites is 2. The molecule has 0 unspecified atom stereocenters. The van der Waals surface area contributed by atoms with Crippen LogP contribution in [-0.4, -0.2) is 6.29 Å². The molecule has 3 heteroatoms. The van der Waals surface area contributed by atoms with Gasteiger partial charge in [0.05, 0.1) is 0 Å². The molecule has 5 aromatic rings. The van der Waals surface area contributed by atoms with Gasteiger partial charge in [0.2, 0.25) is 0 Å². The molecule has 0 aliphatic carbocycles. The third-order valence-electron chi connectivity index (χ3n) is 4.83. The zero-order chi connectivity index (χ0) is 17.7. The molecule has 0 fully saturated rings. The van der Waals surface area contributed by atoms with Gasteiger partial charge in [0.1, 0.15) is 11.2 Å². The maximum Gasteiger partial charge on any atom is 0.150 e. The Bertz CT molecular complexity index is 1310. The Morgan fingerprint density at radius 2 is 1.46 bits per heavy atom. The van der Waals surface area contributed by atoms with Crippen LogP contribution in [0.3, 0.4) is 0 Å². The van der Waals surface area contributed by atoms with Gasteiger partial charge in [0.25, 0.3) is 0 Å². The monoisotopic (exact) mass is 356 g/mol. The van der Waals surface area contributed by atoms with Gasteiger partial charge in [-0.15, -0.1) is 0 Å². The lowest BCUT2D eigenvalue weighted by Gasteiger charge is -2.12. The van der Waals surface area contributed by atoms with E-state index in [-0.39, 0.29) is 0 Å². The number of benzene rings is 4. The summed E-state index contributed by atoms with van der Waals surface area (Å²) in [6.07, 6.45) is 0.856. The predicted octanol–water partition coefficient (Wildman–Crippen LogP) is 6.87. The molecule has 1 heterocycles. The smallest absolute Gasteiger partial charge is 0.150 e. The quantitative estimate of drug-likeness (QED) is 0.323. The molecular weight excluding hydrogens is 344 g/mol. The molecule has 2 nitrogen and oxygen atoms in total. The van der Waals surface area contributed by atoms with Gasteiger partial charge in [-0.25, -0.2) is 0 Å². The second-order valence-corrected chi connectivity index (χ2v) is 6.67. The van der Waals surface area contributed by atoms with Crippen molar-refractivity contribution in [3.05, 3.63) is 83.4 Å². The Balaban J connectivity index is 1.98. The molecule has 0 atom stereocenters. The van der Waals surface area contributed by atoms with Crippen molar-refractivity contribution in [2.75, 3.05) is 0 Å². The van der Waals surface area contributed by atoms with E-state index in [2.05, 4.69) is 0 Å². The van der Waals surface area contributed by atoms with E-state index in [4.69, 9.17) is 16.0 Å². The van der Waals surface area contributed by atoms with Crippen molar-refractivity contribution in [3.8, 4) is 11.1 Å². The summed E-state index contributed by atoms with van der Waals surface area (Å²) in [7, 11) is 0. The van der Waals surface area contributed by atoms with E-state index < -0.39 is 0 Å². The van der Waals surface area contributed by atoms with Crippen LogP contribution in [0.1, 0.15) is 10.4 Å². The van der Waals surface area contributed by atoms with Crippen molar-refractivity contribution < 1.29 is 9.21 Å². The summed E-state index contributed by atoms with van der Waals surface area (Å²) in [5.41, 5.74) is 3.92. The zero-order valence-electron chi connectivity index (χ0n) is 13.7. The van der Waals surface area contributed by atoms with E-state index in [0.717, 1.165) is 50.1 Å². The van der Waals surface area contributed by atoms with E-state index in [1.807, 2.05) is 66.7 Å². The molecule has 0 saturated heterocycles. The molecule has 0 aliphatic rings. The standard InChI is InChI=1S/C23H13ClO2/c24-20-12-14(13-25)22(17-8-2-1-6-15(17)20)19-10-5-9-18-16-7-3-4-11-21(16)26-23(18)19/h1-13H. The molecule has 0 amide bonds. The maximum atomic E-state index is 11.8.